The molecule has 0 aliphatic carbocycles. The van der Waals surface area contributed by atoms with Crippen LogP contribution in [0.5, 0.6) is 0 Å². The maximum Gasteiger partial charge on any atom is 0.481 e. The first kappa shape index (κ1) is 52.0. The average molecular weight is 970 g/mol. The third kappa shape index (κ3) is 15.3. The number of fused-ring (bicyclic) bond motifs is 1. The summed E-state index contributed by atoms with van der Waals surface area (Å²) in [6, 6.07) is 0. The molecule has 11 atom stereocenters. The maximum atomic E-state index is 12.7. The van der Waals surface area contributed by atoms with Crippen molar-refractivity contribution in [1.29, 1.82) is 0 Å². The monoisotopic (exact) mass is 969 g/mol. The van der Waals surface area contributed by atoms with E-state index >= 15 is 0 Å². The molecule has 4 rings (SSSR count). The fraction of sp³-hybridized carbons (Fsp3) is 0.733. The molecule has 352 valence electrons. The molecule has 0 spiro atoms. The predicted octanol–water partition coefficient (Wildman–Crippen LogP) is -2.07. The minimum absolute atomic E-state index is 0.00398. The summed E-state index contributed by atoms with van der Waals surface area (Å²) in [5, 5.41) is 45.8. The first-order valence-electron chi connectivity index (χ1n) is 18.5. The van der Waals surface area contributed by atoms with Crippen LogP contribution in [0.3, 0.4) is 0 Å². The van der Waals surface area contributed by atoms with Crippen LogP contribution in [0, 0.1) is 5.41 Å². The van der Waals surface area contributed by atoms with E-state index in [9.17, 15) is 68.1 Å². The van der Waals surface area contributed by atoms with Crippen molar-refractivity contribution >= 4 is 69.1 Å². The second-order valence-corrected chi connectivity index (χ2v) is 19.9. The SMILES string of the molecule is C[C@@H]1O[C@@H](OCCC(=O)SCCNC(=O)CCNC(=O)[C@H](O)C(C)(C)COP(=O)(O)OP(=O)(O)OC[C@H]2O[C@@H](n3cnc4c(N)ncnc43)[C@H](O)[C@@H]2OP(=O)(O)O)[C@H](O)C[C@H]1O. The summed E-state index contributed by atoms with van der Waals surface area (Å²) >= 11 is 0.935. The number of imidazole rings is 1. The minimum Gasteiger partial charge on any atom is -0.390 e. The number of nitrogens with one attached hydrogen (secondary N) is 2. The van der Waals surface area contributed by atoms with Gasteiger partial charge in [0, 0.05) is 43.5 Å². The fourth-order valence-electron chi connectivity index (χ4n) is 5.72. The summed E-state index contributed by atoms with van der Waals surface area (Å²) in [7, 11) is -16.5. The van der Waals surface area contributed by atoms with Crippen LogP contribution in [-0.2, 0) is 60.2 Å². The van der Waals surface area contributed by atoms with Gasteiger partial charge in [0.2, 0.25) is 11.8 Å². The van der Waals surface area contributed by atoms with E-state index in [1.54, 1.807) is 6.92 Å². The molecule has 2 amide bonds. The summed E-state index contributed by atoms with van der Waals surface area (Å²) in [6.07, 6.45) is -10.4. The van der Waals surface area contributed by atoms with E-state index in [1.807, 2.05) is 0 Å². The summed E-state index contributed by atoms with van der Waals surface area (Å²) in [5.41, 5.74) is 4.21. The third-order valence-corrected chi connectivity index (χ3v) is 13.1. The van der Waals surface area contributed by atoms with Crippen LogP contribution >= 0.6 is 35.2 Å². The Morgan fingerprint density at radius 2 is 1.69 bits per heavy atom. The molecule has 2 unspecified atom stereocenters. The van der Waals surface area contributed by atoms with Gasteiger partial charge in [-0.2, -0.15) is 4.31 Å². The minimum atomic E-state index is -5.60. The highest BCUT2D eigenvalue weighted by Gasteiger charge is 2.50. The number of nitrogens with zero attached hydrogens (tertiary/aromatic N) is 4. The number of ether oxygens (including phenoxy) is 3. The zero-order valence-electron chi connectivity index (χ0n) is 33.2. The van der Waals surface area contributed by atoms with Gasteiger partial charge in [0.15, 0.2) is 29.1 Å². The van der Waals surface area contributed by atoms with E-state index in [2.05, 4.69) is 34.4 Å². The van der Waals surface area contributed by atoms with Gasteiger partial charge < -0.3 is 70.6 Å². The number of aromatic nitrogens is 4. The zero-order valence-corrected chi connectivity index (χ0v) is 36.7. The second-order valence-electron chi connectivity index (χ2n) is 14.5. The smallest absolute Gasteiger partial charge is 0.390 e. The van der Waals surface area contributed by atoms with Gasteiger partial charge in [0.05, 0.1) is 38.4 Å². The maximum absolute atomic E-state index is 12.7. The summed E-state index contributed by atoms with van der Waals surface area (Å²) in [4.78, 5) is 87.9. The number of amides is 2. The highest BCUT2D eigenvalue weighted by atomic mass is 32.2. The number of thioether (sulfide) groups is 1. The van der Waals surface area contributed by atoms with E-state index in [4.69, 9.17) is 29.0 Å². The van der Waals surface area contributed by atoms with Crippen molar-refractivity contribution in [3.8, 4) is 0 Å². The number of anilines is 1. The van der Waals surface area contributed by atoms with Gasteiger partial charge in [-0.3, -0.25) is 32.5 Å². The molecule has 2 fully saturated rings. The molecule has 32 heteroatoms. The second kappa shape index (κ2) is 22.1. The molecule has 2 aromatic rings. The number of carbonyl (C=O) groups excluding carboxylic acids is 3. The largest absolute Gasteiger partial charge is 0.481 e. The molecule has 28 nitrogen and oxygen atoms in total. The van der Waals surface area contributed by atoms with Crippen molar-refractivity contribution in [1.82, 2.24) is 30.2 Å². The van der Waals surface area contributed by atoms with Crippen LogP contribution in [0.15, 0.2) is 12.7 Å². The van der Waals surface area contributed by atoms with Crippen molar-refractivity contribution in [3.63, 3.8) is 0 Å². The molecule has 2 aliphatic heterocycles. The molecule has 0 radical (unpaired) electrons. The number of aliphatic hydroxyl groups excluding tert-OH is 4. The van der Waals surface area contributed by atoms with Gasteiger partial charge in [-0.25, -0.2) is 28.6 Å². The van der Waals surface area contributed by atoms with Crippen LogP contribution in [0.2, 0.25) is 0 Å². The number of rotatable bonds is 23. The lowest BCUT2D eigenvalue weighted by molar-refractivity contribution is -0.260. The quantitative estimate of drug-likeness (QED) is 0.0421. The van der Waals surface area contributed by atoms with Crippen molar-refractivity contribution < 1.29 is 100 Å². The highest BCUT2D eigenvalue weighted by Crippen LogP contribution is 2.61. The molecule has 4 heterocycles. The molecule has 2 saturated heterocycles. The Balaban J connectivity index is 1.16. The van der Waals surface area contributed by atoms with Gasteiger partial charge in [0.25, 0.3) is 0 Å². The standard InChI is InChI=1S/C30H50N7O21P3S/c1-15-16(38)10-17(39)29(55-15)52-8-5-20(41)62-9-7-32-19(40)4-6-33-27(44)24(43)30(2,3)12-54-61(50,51)58-60(48,49)53-11-18-23(57-59(45,46)47)22(42)28(56-18)37-14-36-21-25(31)34-13-35-26(21)37/h13-18,22-24,28-29,38-39,42-43H,4-12H2,1-3H3,(H,32,40)(H,33,44)(H,48,49)(H,50,51)(H2,31,34,35)(H2,45,46,47)/t15-,16+,17+,18+,22+,23+,24-,28+,29+/m0/s1. The number of phosphoric ester groups is 3. The molecule has 62 heavy (non-hydrogen) atoms. The third-order valence-electron chi connectivity index (χ3n) is 9.04. The fourth-order valence-corrected chi connectivity index (χ4v) is 9.21. The molecule has 0 saturated carbocycles. The number of phosphoric acid groups is 3. The number of hydrogen-bond donors (Lipinski definition) is 11. The lowest BCUT2D eigenvalue weighted by Gasteiger charge is -2.35. The average Bonchev–Trinajstić information content (AvgIpc) is 3.73. The first-order valence-corrected chi connectivity index (χ1v) is 24.0. The Morgan fingerprint density at radius 3 is 2.39 bits per heavy atom. The van der Waals surface area contributed by atoms with Crippen LogP contribution in [-0.4, -0.2) is 164 Å². The van der Waals surface area contributed by atoms with Gasteiger partial charge in [-0.15, -0.1) is 0 Å². The summed E-state index contributed by atoms with van der Waals surface area (Å²) in [5.74, 6) is -1.34. The van der Waals surface area contributed by atoms with Gasteiger partial charge in [-0.1, -0.05) is 25.6 Å². The van der Waals surface area contributed by atoms with Gasteiger partial charge >= 0.3 is 23.5 Å². The van der Waals surface area contributed by atoms with Crippen LogP contribution in [0.4, 0.5) is 5.82 Å². The molecule has 2 aromatic heterocycles. The van der Waals surface area contributed by atoms with E-state index in [1.165, 1.54) is 13.8 Å². The van der Waals surface area contributed by atoms with Gasteiger partial charge in [-0.05, 0) is 6.92 Å². The number of nitrogens with two attached hydrogens (primary N) is 1. The number of carbonyl (C=O) groups is 3. The lowest BCUT2D eigenvalue weighted by atomic mass is 9.87. The molecule has 0 bridgehead atoms. The van der Waals surface area contributed by atoms with Crippen molar-refractivity contribution in [2.75, 3.05) is 44.4 Å². The van der Waals surface area contributed by atoms with E-state index < -0.39 is 109 Å². The normalized spacial score (nSPS) is 27.0. The summed E-state index contributed by atoms with van der Waals surface area (Å²) in [6.45, 7) is 1.86. The molecule has 2 aliphatic rings. The van der Waals surface area contributed by atoms with E-state index in [0.717, 1.165) is 29.0 Å². The lowest BCUT2D eigenvalue weighted by Crippen LogP contribution is -2.47. The Hall–Kier alpha value is -2.60. The van der Waals surface area contributed by atoms with Crippen LogP contribution in [0.25, 0.3) is 11.2 Å². The Kier molecular flexibility index (Phi) is 18.5. The highest BCUT2D eigenvalue weighted by molar-refractivity contribution is 8.13. The Morgan fingerprint density at radius 1 is 1.00 bits per heavy atom. The van der Waals surface area contributed by atoms with E-state index in [0.29, 0.717) is 0 Å². The Labute approximate surface area is 356 Å². The molecule has 0 aromatic carbocycles. The summed E-state index contributed by atoms with van der Waals surface area (Å²) < 4.78 is 72.9. The zero-order chi connectivity index (χ0) is 46.2. The first-order chi connectivity index (χ1) is 28.8. The van der Waals surface area contributed by atoms with Crippen LogP contribution < -0.4 is 16.4 Å². The number of aliphatic hydroxyl groups is 4. The van der Waals surface area contributed by atoms with E-state index in [-0.39, 0.29) is 66.8 Å². The molecular formula is C30H50N7O21P3S. The van der Waals surface area contributed by atoms with Crippen molar-refractivity contribution in [2.45, 2.75) is 95.3 Å². The molecular weight excluding hydrogens is 919 g/mol. The van der Waals surface area contributed by atoms with Crippen molar-refractivity contribution in [3.05, 3.63) is 12.7 Å². The number of nitrogen functional groups attached to an aromatic ring is 1. The Bertz CT molecular complexity index is 2010. The van der Waals surface area contributed by atoms with Gasteiger partial charge in [0.1, 0.15) is 42.4 Å². The predicted molar refractivity (Wildman–Crippen MR) is 209 cm³/mol. The number of hydrogen-bond acceptors (Lipinski definition) is 22. The van der Waals surface area contributed by atoms with Crippen molar-refractivity contribution in [2.24, 2.45) is 5.41 Å². The topological polar surface area (TPSA) is 423 Å². The molecule has 12 N–H and O–H groups in total. The van der Waals surface area contributed by atoms with Crippen LogP contribution in [0.1, 0.15) is 46.3 Å².